The Morgan fingerprint density at radius 3 is 2.03 bits per heavy atom. The third kappa shape index (κ3) is 4.58. The van der Waals surface area contributed by atoms with Crippen molar-refractivity contribution in [3.63, 3.8) is 0 Å². The molecule has 0 radical (unpaired) electrons. The van der Waals surface area contributed by atoms with Crippen molar-refractivity contribution in [3.05, 3.63) is 94.6 Å². The second kappa shape index (κ2) is 8.49. The van der Waals surface area contributed by atoms with Crippen LogP contribution >= 0.6 is 11.9 Å². The number of nitrogens with one attached hydrogen (secondary N) is 1. The Bertz CT molecular complexity index is 1000. The van der Waals surface area contributed by atoms with E-state index >= 15 is 0 Å². The van der Waals surface area contributed by atoms with Gasteiger partial charge in [-0.2, -0.15) is 0 Å². The van der Waals surface area contributed by atoms with Crippen LogP contribution in [0.3, 0.4) is 0 Å². The number of rotatable bonds is 7. The molecular weight excluding hydrogens is 398 g/mol. The van der Waals surface area contributed by atoms with Crippen molar-refractivity contribution in [3.8, 4) is 0 Å². The van der Waals surface area contributed by atoms with Crippen LogP contribution in [0.1, 0.15) is 29.5 Å². The van der Waals surface area contributed by atoms with Gasteiger partial charge in [-0.3, -0.25) is 0 Å². The van der Waals surface area contributed by atoms with Gasteiger partial charge >= 0.3 is 0 Å². The molecule has 3 aromatic rings. The summed E-state index contributed by atoms with van der Waals surface area (Å²) in [5.41, 5.74) is 2.86. The molecule has 0 unspecified atom stereocenters. The monoisotopic (exact) mass is 417 g/mol. The van der Waals surface area contributed by atoms with Crippen LogP contribution in [-0.2, 0) is 12.8 Å². The van der Waals surface area contributed by atoms with Crippen LogP contribution < -0.4 is 4.72 Å². The van der Waals surface area contributed by atoms with Crippen LogP contribution in [0.4, 0.5) is 23.2 Å². The molecule has 0 aromatic heterocycles. The molecule has 1 aliphatic rings. The summed E-state index contributed by atoms with van der Waals surface area (Å²) in [5.74, 6) is -5.96. The Morgan fingerprint density at radius 2 is 1.38 bits per heavy atom. The molecule has 0 amide bonds. The van der Waals surface area contributed by atoms with Gasteiger partial charge in [0.15, 0.2) is 23.3 Å². The normalized spacial score (nSPS) is 13.5. The molecule has 0 aliphatic heterocycles. The minimum Gasteiger partial charge on any atom is -0.326 e. The van der Waals surface area contributed by atoms with E-state index < -0.39 is 23.3 Å². The average molecular weight is 417 g/mol. The van der Waals surface area contributed by atoms with E-state index in [1.807, 2.05) is 54.6 Å². The topological polar surface area (TPSA) is 12.0 Å². The molecule has 1 N–H and O–H groups in total. The van der Waals surface area contributed by atoms with Gasteiger partial charge in [-0.05, 0) is 66.8 Å². The molecule has 0 atom stereocenters. The van der Waals surface area contributed by atoms with Gasteiger partial charge in [0.1, 0.15) is 0 Å². The van der Waals surface area contributed by atoms with Crippen LogP contribution in [-0.4, -0.2) is 0 Å². The maximum atomic E-state index is 14.3. The SMILES string of the molecule is Fc1c(F)c(F)c(SNc2ccc(Cc3ccccc3)cc2)c(CC2CC2)c1F. The lowest BCUT2D eigenvalue weighted by Gasteiger charge is -2.14. The molecule has 0 saturated heterocycles. The van der Waals surface area contributed by atoms with E-state index in [0.29, 0.717) is 5.69 Å². The molecule has 1 nitrogen and oxygen atoms in total. The summed E-state index contributed by atoms with van der Waals surface area (Å²) in [6.07, 6.45) is 2.77. The molecule has 1 aliphatic carbocycles. The highest BCUT2D eigenvalue weighted by molar-refractivity contribution is 8.00. The van der Waals surface area contributed by atoms with Gasteiger partial charge in [0.25, 0.3) is 0 Å². The maximum Gasteiger partial charge on any atom is 0.198 e. The predicted octanol–water partition coefficient (Wildman–Crippen LogP) is 6.91. The molecule has 6 heteroatoms. The van der Waals surface area contributed by atoms with Crippen LogP contribution in [0.2, 0.25) is 0 Å². The largest absolute Gasteiger partial charge is 0.326 e. The van der Waals surface area contributed by atoms with Crippen molar-refractivity contribution in [2.75, 3.05) is 4.72 Å². The van der Waals surface area contributed by atoms with Gasteiger partial charge in [-0.15, -0.1) is 0 Å². The van der Waals surface area contributed by atoms with Crippen molar-refractivity contribution in [2.24, 2.45) is 5.92 Å². The Balaban J connectivity index is 1.50. The maximum absolute atomic E-state index is 14.3. The van der Waals surface area contributed by atoms with Crippen LogP contribution in [0, 0.1) is 29.2 Å². The first-order valence-electron chi connectivity index (χ1n) is 9.43. The molecule has 150 valence electrons. The molecule has 0 bridgehead atoms. The lowest BCUT2D eigenvalue weighted by atomic mass is 10.1. The van der Waals surface area contributed by atoms with Crippen LogP contribution in [0.15, 0.2) is 59.5 Å². The van der Waals surface area contributed by atoms with E-state index in [2.05, 4.69) is 4.72 Å². The van der Waals surface area contributed by atoms with E-state index in [1.165, 1.54) is 5.56 Å². The highest BCUT2D eigenvalue weighted by Gasteiger charge is 2.30. The number of hydrogen-bond donors (Lipinski definition) is 1. The highest BCUT2D eigenvalue weighted by Crippen LogP contribution is 2.39. The van der Waals surface area contributed by atoms with Gasteiger partial charge in [-0.25, -0.2) is 17.6 Å². The van der Waals surface area contributed by atoms with Gasteiger partial charge < -0.3 is 4.72 Å². The number of anilines is 1. The lowest BCUT2D eigenvalue weighted by molar-refractivity contribution is 0.390. The molecule has 1 fully saturated rings. The third-order valence-electron chi connectivity index (χ3n) is 4.98. The summed E-state index contributed by atoms with van der Waals surface area (Å²) in [5, 5.41) is 0. The summed E-state index contributed by atoms with van der Waals surface area (Å²) >= 11 is 0.772. The molecule has 0 spiro atoms. The third-order valence-corrected chi connectivity index (χ3v) is 5.95. The first-order chi connectivity index (χ1) is 14.0. The summed E-state index contributed by atoms with van der Waals surface area (Å²) in [6, 6.07) is 17.5. The number of benzene rings is 3. The van der Waals surface area contributed by atoms with E-state index in [4.69, 9.17) is 0 Å². The number of halogens is 4. The Labute approximate surface area is 171 Å². The Morgan fingerprint density at radius 1 is 0.759 bits per heavy atom. The predicted molar refractivity (Wildman–Crippen MR) is 108 cm³/mol. The van der Waals surface area contributed by atoms with Gasteiger partial charge in [-0.1, -0.05) is 42.5 Å². The summed E-state index contributed by atoms with van der Waals surface area (Å²) in [6.45, 7) is 0. The second-order valence-electron chi connectivity index (χ2n) is 7.27. The zero-order chi connectivity index (χ0) is 20.4. The fourth-order valence-corrected chi connectivity index (χ4v) is 4.02. The zero-order valence-corrected chi connectivity index (χ0v) is 16.3. The van der Waals surface area contributed by atoms with Crippen molar-refractivity contribution < 1.29 is 17.6 Å². The van der Waals surface area contributed by atoms with E-state index in [0.717, 1.165) is 36.8 Å². The molecule has 1 saturated carbocycles. The van der Waals surface area contributed by atoms with Crippen molar-refractivity contribution in [1.29, 1.82) is 0 Å². The van der Waals surface area contributed by atoms with Crippen LogP contribution in [0.25, 0.3) is 0 Å². The van der Waals surface area contributed by atoms with Crippen molar-refractivity contribution in [1.82, 2.24) is 0 Å². The summed E-state index contributed by atoms with van der Waals surface area (Å²) in [4.78, 5) is -0.221. The summed E-state index contributed by atoms with van der Waals surface area (Å²) < 4.78 is 58.9. The average Bonchev–Trinajstić information content (AvgIpc) is 3.56. The minimum atomic E-state index is -1.77. The first kappa shape index (κ1) is 19.8. The fourth-order valence-electron chi connectivity index (χ4n) is 3.19. The lowest BCUT2D eigenvalue weighted by Crippen LogP contribution is -2.07. The zero-order valence-electron chi connectivity index (χ0n) is 15.5. The van der Waals surface area contributed by atoms with E-state index in [9.17, 15) is 17.6 Å². The molecular formula is C23H19F4NS. The minimum absolute atomic E-state index is 0.0953. The van der Waals surface area contributed by atoms with E-state index in [-0.39, 0.29) is 22.8 Å². The second-order valence-corrected chi connectivity index (χ2v) is 8.09. The van der Waals surface area contributed by atoms with Crippen molar-refractivity contribution >= 4 is 17.6 Å². The van der Waals surface area contributed by atoms with Gasteiger partial charge in [0.05, 0.1) is 4.90 Å². The Hall–Kier alpha value is -2.47. The molecule has 0 heterocycles. The van der Waals surface area contributed by atoms with Crippen LogP contribution in [0.5, 0.6) is 0 Å². The van der Waals surface area contributed by atoms with Gasteiger partial charge in [0, 0.05) is 11.3 Å². The summed E-state index contributed by atoms with van der Waals surface area (Å²) in [7, 11) is 0. The van der Waals surface area contributed by atoms with E-state index in [1.54, 1.807) is 0 Å². The van der Waals surface area contributed by atoms with Gasteiger partial charge in [0.2, 0.25) is 0 Å². The first-order valence-corrected chi connectivity index (χ1v) is 10.2. The smallest absolute Gasteiger partial charge is 0.198 e. The standard InChI is InChI=1S/C23H19F4NS/c24-19-18(13-16-6-7-16)23(22(27)21(26)20(19)25)29-28-17-10-8-15(9-11-17)12-14-4-2-1-3-5-14/h1-5,8-11,16,28H,6-7,12-13H2. The quantitative estimate of drug-likeness (QED) is 0.194. The molecule has 4 rings (SSSR count). The molecule has 3 aromatic carbocycles. The highest BCUT2D eigenvalue weighted by atomic mass is 32.2. The van der Waals surface area contributed by atoms with Crippen molar-refractivity contribution in [2.45, 2.75) is 30.6 Å². The Kier molecular flexibility index (Phi) is 5.81. The number of hydrogen-bond acceptors (Lipinski definition) is 2. The molecule has 29 heavy (non-hydrogen) atoms. The fraction of sp³-hybridized carbons (Fsp3) is 0.217.